The Bertz CT molecular complexity index is 1270. The molecule has 37 heavy (non-hydrogen) atoms. The predicted octanol–water partition coefficient (Wildman–Crippen LogP) is 2.92. The number of carbonyl (C=O) groups is 2. The minimum absolute atomic E-state index is 0.0226. The molecule has 0 atom stereocenters. The Labute approximate surface area is 215 Å². The molecule has 0 aliphatic carbocycles. The van der Waals surface area contributed by atoms with Crippen LogP contribution in [-0.2, 0) is 24.4 Å². The van der Waals surface area contributed by atoms with Gasteiger partial charge in [-0.1, -0.05) is 18.2 Å². The summed E-state index contributed by atoms with van der Waals surface area (Å²) in [5.74, 6) is 2.54. The largest absolute Gasteiger partial charge is 0.497 e. The highest BCUT2D eigenvalue weighted by Crippen LogP contribution is 2.33. The summed E-state index contributed by atoms with van der Waals surface area (Å²) in [5.41, 5.74) is 2.40. The van der Waals surface area contributed by atoms with Crippen LogP contribution in [-0.4, -0.2) is 71.6 Å². The molecule has 1 saturated heterocycles. The summed E-state index contributed by atoms with van der Waals surface area (Å²) in [6.07, 6.45) is 1.42. The monoisotopic (exact) mass is 506 g/mol. The number of carbonyl (C=O) groups excluding carboxylic acids is 2. The van der Waals surface area contributed by atoms with Gasteiger partial charge in [0.1, 0.15) is 12.0 Å². The first kappa shape index (κ1) is 24.6. The second-order valence-electron chi connectivity index (χ2n) is 9.11. The van der Waals surface area contributed by atoms with E-state index < -0.39 is 0 Å². The summed E-state index contributed by atoms with van der Waals surface area (Å²) < 4.78 is 22.1. The number of methoxy groups -OCH3 is 1. The molecular weight excluding hydrogens is 476 g/mol. The Morgan fingerprint density at radius 1 is 0.946 bits per heavy atom. The third-order valence-corrected chi connectivity index (χ3v) is 6.53. The summed E-state index contributed by atoms with van der Waals surface area (Å²) in [5, 5.41) is 0. The molecule has 0 saturated carbocycles. The fourth-order valence-electron chi connectivity index (χ4n) is 4.55. The molecule has 10 nitrogen and oxygen atoms in total. The van der Waals surface area contributed by atoms with Gasteiger partial charge in [0, 0.05) is 46.2 Å². The lowest BCUT2D eigenvalue weighted by Crippen LogP contribution is -2.50. The van der Waals surface area contributed by atoms with Crippen LogP contribution in [0.3, 0.4) is 0 Å². The number of piperazine rings is 1. The van der Waals surface area contributed by atoms with E-state index in [9.17, 15) is 9.59 Å². The van der Waals surface area contributed by atoms with Crippen molar-refractivity contribution >= 4 is 11.8 Å². The molecule has 2 aliphatic rings. The van der Waals surface area contributed by atoms with Crippen LogP contribution in [0.15, 0.2) is 53.1 Å². The van der Waals surface area contributed by atoms with E-state index in [0.29, 0.717) is 51.7 Å². The van der Waals surface area contributed by atoms with Crippen LogP contribution in [0.25, 0.3) is 0 Å². The maximum absolute atomic E-state index is 13.0. The highest BCUT2D eigenvalue weighted by atomic mass is 16.7. The first-order valence-electron chi connectivity index (χ1n) is 12.2. The Balaban J connectivity index is 1.30. The van der Waals surface area contributed by atoms with Gasteiger partial charge in [-0.3, -0.25) is 14.5 Å². The van der Waals surface area contributed by atoms with Crippen molar-refractivity contribution in [2.24, 2.45) is 0 Å². The van der Waals surface area contributed by atoms with Gasteiger partial charge < -0.3 is 28.4 Å². The molecule has 0 N–H and O–H groups in total. The van der Waals surface area contributed by atoms with Crippen molar-refractivity contribution in [1.82, 2.24) is 19.7 Å². The van der Waals surface area contributed by atoms with Crippen LogP contribution in [0, 0.1) is 0 Å². The first-order chi connectivity index (χ1) is 18.0. The lowest BCUT2D eigenvalue weighted by atomic mass is 10.1. The van der Waals surface area contributed by atoms with Crippen LogP contribution < -0.4 is 14.2 Å². The van der Waals surface area contributed by atoms with Crippen molar-refractivity contribution < 1.29 is 28.2 Å². The Morgan fingerprint density at radius 3 is 2.43 bits per heavy atom. The number of oxazole rings is 1. The first-order valence-corrected chi connectivity index (χ1v) is 12.2. The van der Waals surface area contributed by atoms with E-state index in [1.807, 2.05) is 42.5 Å². The predicted molar refractivity (Wildman–Crippen MR) is 133 cm³/mol. The van der Waals surface area contributed by atoms with Crippen LogP contribution in [0.5, 0.6) is 17.2 Å². The summed E-state index contributed by atoms with van der Waals surface area (Å²) in [6, 6.07) is 13.8. The van der Waals surface area contributed by atoms with E-state index in [1.54, 1.807) is 23.8 Å². The van der Waals surface area contributed by atoms with E-state index in [-0.39, 0.29) is 24.3 Å². The number of benzene rings is 2. The molecular formula is C27H30N4O6. The van der Waals surface area contributed by atoms with Gasteiger partial charge in [0.2, 0.25) is 18.6 Å². The number of hydrogen-bond acceptors (Lipinski definition) is 8. The second kappa shape index (κ2) is 10.9. The van der Waals surface area contributed by atoms with E-state index in [4.69, 9.17) is 18.6 Å². The molecule has 0 spiro atoms. The normalized spacial score (nSPS) is 14.8. The van der Waals surface area contributed by atoms with Crippen LogP contribution in [0.4, 0.5) is 0 Å². The van der Waals surface area contributed by atoms with Crippen LogP contribution in [0.2, 0.25) is 0 Å². The van der Waals surface area contributed by atoms with Crippen LogP contribution >= 0.6 is 0 Å². The molecule has 0 unspecified atom stereocenters. The number of fused-ring (bicyclic) bond motifs is 1. The fourth-order valence-corrected chi connectivity index (χ4v) is 4.55. The smallest absolute Gasteiger partial charge is 0.275 e. The van der Waals surface area contributed by atoms with E-state index in [2.05, 4.69) is 9.88 Å². The van der Waals surface area contributed by atoms with Gasteiger partial charge in [-0.25, -0.2) is 4.98 Å². The Morgan fingerprint density at radius 2 is 1.68 bits per heavy atom. The lowest BCUT2D eigenvalue weighted by Gasteiger charge is -2.33. The summed E-state index contributed by atoms with van der Waals surface area (Å²) in [7, 11) is 1.65. The van der Waals surface area contributed by atoms with Crippen molar-refractivity contribution in [3.8, 4) is 17.2 Å². The second-order valence-corrected chi connectivity index (χ2v) is 9.11. The zero-order valence-corrected chi connectivity index (χ0v) is 21.0. The number of amides is 2. The van der Waals surface area contributed by atoms with Crippen molar-refractivity contribution in [3.05, 3.63) is 71.4 Å². The number of hydrogen-bond donors (Lipinski definition) is 0. The molecule has 3 aromatic rings. The lowest BCUT2D eigenvalue weighted by molar-refractivity contribution is -0.130. The maximum Gasteiger partial charge on any atom is 0.275 e. The Kier molecular flexibility index (Phi) is 7.27. The minimum Gasteiger partial charge on any atom is -0.497 e. The van der Waals surface area contributed by atoms with E-state index in [1.165, 1.54) is 6.26 Å². The third-order valence-electron chi connectivity index (χ3n) is 6.53. The minimum atomic E-state index is -0.187. The van der Waals surface area contributed by atoms with Crippen LogP contribution in [0.1, 0.15) is 34.4 Å². The summed E-state index contributed by atoms with van der Waals surface area (Å²) in [6.45, 7) is 5.39. The van der Waals surface area contributed by atoms with Gasteiger partial charge in [-0.15, -0.1) is 0 Å². The highest BCUT2D eigenvalue weighted by molar-refractivity contribution is 5.92. The average molecular weight is 507 g/mol. The van der Waals surface area contributed by atoms with Gasteiger partial charge in [-0.2, -0.15) is 0 Å². The summed E-state index contributed by atoms with van der Waals surface area (Å²) >= 11 is 0. The standard InChI is InChI=1S/C27H30N4O6/c1-19(32)30-8-10-31(11-9-30)27(33)23-17-35-26(28-23)16-29(14-20-4-3-5-22(12-20)34-2)15-21-6-7-24-25(13-21)37-18-36-24/h3-7,12-13,17H,8-11,14-16,18H2,1-2H3. The molecule has 5 rings (SSSR count). The third kappa shape index (κ3) is 5.86. The maximum atomic E-state index is 13.0. The fraction of sp³-hybridized carbons (Fsp3) is 0.370. The van der Waals surface area contributed by atoms with E-state index in [0.717, 1.165) is 28.4 Å². The number of nitrogens with zero attached hydrogens (tertiary/aromatic N) is 4. The van der Waals surface area contributed by atoms with Gasteiger partial charge in [0.15, 0.2) is 17.2 Å². The highest BCUT2D eigenvalue weighted by Gasteiger charge is 2.26. The summed E-state index contributed by atoms with van der Waals surface area (Å²) in [4.78, 5) is 34.7. The number of aromatic nitrogens is 1. The molecule has 2 amide bonds. The van der Waals surface area contributed by atoms with Crippen molar-refractivity contribution in [1.29, 1.82) is 0 Å². The molecule has 3 heterocycles. The van der Waals surface area contributed by atoms with Gasteiger partial charge in [0.25, 0.3) is 5.91 Å². The molecule has 0 radical (unpaired) electrons. The zero-order chi connectivity index (χ0) is 25.8. The molecule has 2 aliphatic heterocycles. The number of rotatable bonds is 8. The quantitative estimate of drug-likeness (QED) is 0.460. The average Bonchev–Trinajstić information content (AvgIpc) is 3.58. The molecule has 2 aromatic carbocycles. The molecule has 1 fully saturated rings. The topological polar surface area (TPSA) is 97.6 Å². The van der Waals surface area contributed by atoms with Crippen molar-refractivity contribution in [2.45, 2.75) is 26.6 Å². The number of ether oxygens (including phenoxy) is 3. The molecule has 194 valence electrons. The van der Waals surface area contributed by atoms with Crippen molar-refractivity contribution in [3.63, 3.8) is 0 Å². The van der Waals surface area contributed by atoms with Gasteiger partial charge >= 0.3 is 0 Å². The molecule has 1 aromatic heterocycles. The Hall–Kier alpha value is -4.05. The molecule has 10 heteroatoms. The van der Waals surface area contributed by atoms with Gasteiger partial charge in [-0.05, 0) is 35.4 Å². The van der Waals surface area contributed by atoms with Gasteiger partial charge in [0.05, 0.1) is 13.7 Å². The van der Waals surface area contributed by atoms with Crippen molar-refractivity contribution in [2.75, 3.05) is 40.1 Å². The zero-order valence-electron chi connectivity index (χ0n) is 21.0. The SMILES string of the molecule is COc1cccc(CN(Cc2ccc3c(c2)OCO3)Cc2nc(C(=O)N3CCN(C(C)=O)CC3)co2)c1. The van der Waals surface area contributed by atoms with E-state index >= 15 is 0 Å². The molecule has 0 bridgehead atoms.